The van der Waals surface area contributed by atoms with Crippen molar-refractivity contribution >= 4 is 13.4 Å². The second kappa shape index (κ2) is 4.75. The molecule has 0 fully saturated rings. The molecule has 1 aromatic heterocycles. The van der Waals surface area contributed by atoms with Crippen molar-refractivity contribution in [2.75, 3.05) is 6.16 Å². The number of carbonyl (C=O) groups excluding carboxylic acids is 1. The molecule has 6 heteroatoms. The van der Waals surface area contributed by atoms with Gasteiger partial charge in [-0.1, -0.05) is 6.92 Å². The van der Waals surface area contributed by atoms with Crippen LogP contribution in [0.3, 0.4) is 0 Å². The average Bonchev–Trinajstić information content (AvgIpc) is 2.53. The standard InChI is InChI=1S/C9H13O5P/c1-7(5-8-3-2-4-14-8)9(10)6-15(11,12)13/h2-4,7H,5-6H2,1H3,(H2,11,12,13)/t7-/m0/s1. The Kier molecular flexibility index (Phi) is 3.85. The van der Waals surface area contributed by atoms with E-state index < -0.39 is 25.5 Å². The van der Waals surface area contributed by atoms with Crippen molar-refractivity contribution in [1.29, 1.82) is 0 Å². The molecule has 2 N–H and O–H groups in total. The Morgan fingerprint density at radius 1 is 1.60 bits per heavy atom. The van der Waals surface area contributed by atoms with Crippen LogP contribution in [0.15, 0.2) is 22.8 Å². The van der Waals surface area contributed by atoms with Crippen LogP contribution < -0.4 is 0 Å². The fourth-order valence-electron chi connectivity index (χ4n) is 1.20. The molecule has 0 aliphatic carbocycles. The lowest BCUT2D eigenvalue weighted by Crippen LogP contribution is -2.17. The maximum absolute atomic E-state index is 11.4. The van der Waals surface area contributed by atoms with Gasteiger partial charge in [-0.25, -0.2) is 0 Å². The van der Waals surface area contributed by atoms with Crippen LogP contribution in [0.5, 0.6) is 0 Å². The van der Waals surface area contributed by atoms with Crippen LogP contribution >= 0.6 is 7.60 Å². The fraction of sp³-hybridized carbons (Fsp3) is 0.444. The lowest BCUT2D eigenvalue weighted by atomic mass is 10.0. The Hall–Kier alpha value is -0.900. The van der Waals surface area contributed by atoms with Crippen LogP contribution in [-0.2, 0) is 15.8 Å². The normalized spacial score (nSPS) is 13.8. The van der Waals surface area contributed by atoms with Gasteiger partial charge in [-0.05, 0) is 12.1 Å². The monoisotopic (exact) mass is 232 g/mol. The maximum Gasteiger partial charge on any atom is 0.332 e. The zero-order valence-corrected chi connectivity index (χ0v) is 9.18. The van der Waals surface area contributed by atoms with Gasteiger partial charge < -0.3 is 14.2 Å². The summed E-state index contributed by atoms with van der Waals surface area (Å²) >= 11 is 0. The lowest BCUT2D eigenvalue weighted by molar-refractivity contribution is -0.120. The van der Waals surface area contributed by atoms with E-state index in [4.69, 9.17) is 14.2 Å². The van der Waals surface area contributed by atoms with E-state index in [1.165, 1.54) is 6.26 Å². The minimum Gasteiger partial charge on any atom is -0.469 e. The van der Waals surface area contributed by atoms with E-state index in [0.717, 1.165) is 0 Å². The van der Waals surface area contributed by atoms with E-state index in [0.29, 0.717) is 12.2 Å². The predicted molar refractivity (Wildman–Crippen MR) is 53.5 cm³/mol. The summed E-state index contributed by atoms with van der Waals surface area (Å²) in [6, 6.07) is 3.43. The molecule has 0 amide bonds. The SMILES string of the molecule is C[C@@H](Cc1ccco1)C(=O)CP(=O)(O)O. The van der Waals surface area contributed by atoms with Gasteiger partial charge in [0.15, 0.2) is 0 Å². The average molecular weight is 232 g/mol. The van der Waals surface area contributed by atoms with Gasteiger partial charge in [0.1, 0.15) is 17.7 Å². The van der Waals surface area contributed by atoms with Crippen molar-refractivity contribution in [3.63, 3.8) is 0 Å². The third kappa shape index (κ3) is 4.42. The number of ketones is 1. The van der Waals surface area contributed by atoms with E-state index in [-0.39, 0.29) is 0 Å². The molecule has 15 heavy (non-hydrogen) atoms. The minimum atomic E-state index is -4.25. The van der Waals surface area contributed by atoms with E-state index in [9.17, 15) is 9.36 Å². The molecule has 0 unspecified atom stereocenters. The van der Waals surface area contributed by atoms with Crippen LogP contribution in [0.2, 0.25) is 0 Å². The third-order valence-corrected chi connectivity index (χ3v) is 2.72. The molecule has 1 aromatic rings. The molecule has 84 valence electrons. The van der Waals surface area contributed by atoms with Crippen molar-refractivity contribution in [2.45, 2.75) is 13.3 Å². The third-order valence-electron chi connectivity index (χ3n) is 2.00. The Bertz CT molecular complexity index is 364. The van der Waals surface area contributed by atoms with Crippen LogP contribution in [0.4, 0.5) is 0 Å². The van der Waals surface area contributed by atoms with E-state index in [1.807, 2.05) is 0 Å². The predicted octanol–water partition coefficient (Wildman–Crippen LogP) is 1.20. The van der Waals surface area contributed by atoms with Crippen molar-refractivity contribution in [3.05, 3.63) is 24.2 Å². The Balaban J connectivity index is 2.51. The van der Waals surface area contributed by atoms with Crippen molar-refractivity contribution in [1.82, 2.24) is 0 Å². The van der Waals surface area contributed by atoms with E-state index in [2.05, 4.69) is 0 Å². The molecule has 1 atom stereocenters. The van der Waals surface area contributed by atoms with Crippen molar-refractivity contribution < 1.29 is 23.6 Å². The summed E-state index contributed by atoms with van der Waals surface area (Å²) in [7, 11) is -4.25. The first-order valence-corrected chi connectivity index (χ1v) is 6.28. The summed E-state index contributed by atoms with van der Waals surface area (Å²) in [5.41, 5.74) is 0. The molecule has 0 aromatic carbocycles. The minimum absolute atomic E-state index is 0.367. The quantitative estimate of drug-likeness (QED) is 0.745. The molecule has 0 saturated heterocycles. The second-order valence-corrected chi connectivity index (χ2v) is 5.12. The lowest BCUT2D eigenvalue weighted by Gasteiger charge is -2.09. The highest BCUT2D eigenvalue weighted by molar-refractivity contribution is 7.52. The Morgan fingerprint density at radius 3 is 2.73 bits per heavy atom. The highest BCUT2D eigenvalue weighted by Crippen LogP contribution is 2.35. The summed E-state index contributed by atoms with van der Waals surface area (Å²) in [5.74, 6) is -0.245. The molecule has 0 bridgehead atoms. The maximum atomic E-state index is 11.4. The Morgan fingerprint density at radius 2 is 2.27 bits per heavy atom. The molecule has 0 radical (unpaired) electrons. The highest BCUT2D eigenvalue weighted by Gasteiger charge is 2.23. The summed E-state index contributed by atoms with van der Waals surface area (Å²) in [6.07, 6.45) is 1.16. The molecule has 1 heterocycles. The molecular weight excluding hydrogens is 219 g/mol. The van der Waals surface area contributed by atoms with Gasteiger partial charge in [0.2, 0.25) is 0 Å². The molecule has 0 aliphatic rings. The molecule has 5 nitrogen and oxygen atoms in total. The van der Waals surface area contributed by atoms with E-state index >= 15 is 0 Å². The molecule has 0 spiro atoms. The van der Waals surface area contributed by atoms with Crippen LogP contribution in [-0.4, -0.2) is 21.7 Å². The van der Waals surface area contributed by atoms with Gasteiger partial charge in [-0.15, -0.1) is 0 Å². The van der Waals surface area contributed by atoms with Crippen LogP contribution in [0.25, 0.3) is 0 Å². The second-order valence-electron chi connectivity index (χ2n) is 3.47. The van der Waals surface area contributed by atoms with Gasteiger partial charge in [-0.3, -0.25) is 9.36 Å². The van der Waals surface area contributed by atoms with Crippen LogP contribution in [0, 0.1) is 5.92 Å². The summed E-state index contributed by atoms with van der Waals surface area (Å²) < 4.78 is 15.6. The Labute approximate surface area is 87.3 Å². The molecule has 0 aliphatic heterocycles. The molecular formula is C9H13O5P. The van der Waals surface area contributed by atoms with Crippen LogP contribution in [0.1, 0.15) is 12.7 Å². The zero-order chi connectivity index (χ0) is 11.5. The van der Waals surface area contributed by atoms with Gasteiger partial charge >= 0.3 is 7.60 Å². The van der Waals surface area contributed by atoms with Gasteiger partial charge in [-0.2, -0.15) is 0 Å². The largest absolute Gasteiger partial charge is 0.469 e. The number of Topliss-reactive ketones (excluding diaryl/α,β-unsaturated/α-hetero) is 1. The van der Waals surface area contributed by atoms with Crippen molar-refractivity contribution in [3.8, 4) is 0 Å². The molecule has 1 rings (SSSR count). The highest BCUT2D eigenvalue weighted by atomic mass is 31.2. The van der Waals surface area contributed by atoms with E-state index in [1.54, 1.807) is 19.1 Å². The topological polar surface area (TPSA) is 87.7 Å². The summed E-state index contributed by atoms with van der Waals surface area (Å²) in [5, 5.41) is 0. The zero-order valence-electron chi connectivity index (χ0n) is 8.29. The van der Waals surface area contributed by atoms with Gasteiger partial charge in [0, 0.05) is 12.3 Å². The first kappa shape index (κ1) is 12.2. The summed E-state index contributed by atoms with van der Waals surface area (Å²) in [4.78, 5) is 28.6. The van der Waals surface area contributed by atoms with Gasteiger partial charge in [0.25, 0.3) is 0 Å². The van der Waals surface area contributed by atoms with Gasteiger partial charge in [0.05, 0.1) is 6.26 Å². The fourth-order valence-corrected chi connectivity index (χ4v) is 1.92. The number of hydrogen-bond acceptors (Lipinski definition) is 3. The first-order valence-electron chi connectivity index (χ1n) is 4.48. The number of carbonyl (C=O) groups is 1. The summed E-state index contributed by atoms with van der Waals surface area (Å²) in [6.45, 7) is 1.63. The first-order chi connectivity index (χ1) is 6.88. The van der Waals surface area contributed by atoms with Crippen molar-refractivity contribution in [2.24, 2.45) is 5.92 Å². The number of furan rings is 1. The molecule has 0 saturated carbocycles. The smallest absolute Gasteiger partial charge is 0.332 e. The number of rotatable bonds is 5. The number of hydrogen-bond donors (Lipinski definition) is 2.